The van der Waals surface area contributed by atoms with Crippen LogP contribution in [0.1, 0.15) is 23.2 Å². The Morgan fingerprint density at radius 3 is 1.72 bits per heavy atom. The number of benzene rings is 3. The van der Waals surface area contributed by atoms with Gasteiger partial charge in [0, 0.05) is 44.4 Å². The summed E-state index contributed by atoms with van der Waals surface area (Å²) in [5, 5.41) is 23.9. The molecule has 0 spiro atoms. The first kappa shape index (κ1) is 37.2. The van der Waals surface area contributed by atoms with E-state index in [1.807, 2.05) is 0 Å². The van der Waals surface area contributed by atoms with Crippen LogP contribution in [-0.2, 0) is 32.2 Å². The zero-order chi connectivity index (χ0) is 38.4. The predicted molar refractivity (Wildman–Crippen MR) is 180 cm³/mol. The number of nitrogens with one attached hydrogen (secondary N) is 2. The third-order valence-electron chi connectivity index (χ3n) is 7.39. The Labute approximate surface area is 294 Å². The maximum absolute atomic E-state index is 13.0. The van der Waals surface area contributed by atoms with Gasteiger partial charge in [-0.15, -0.1) is 0 Å². The maximum atomic E-state index is 13.0. The van der Waals surface area contributed by atoms with Gasteiger partial charge in [0.25, 0.3) is 11.1 Å². The van der Waals surface area contributed by atoms with Crippen molar-refractivity contribution in [3.8, 4) is 11.5 Å². The van der Waals surface area contributed by atoms with E-state index in [0.29, 0.717) is 9.13 Å². The van der Waals surface area contributed by atoms with Crippen LogP contribution in [0.4, 0.5) is 16.2 Å². The first-order valence-electron chi connectivity index (χ1n) is 15.2. The molecule has 0 aliphatic heterocycles. The van der Waals surface area contributed by atoms with E-state index in [1.54, 1.807) is 0 Å². The zero-order valence-corrected chi connectivity index (χ0v) is 27.6. The van der Waals surface area contributed by atoms with Gasteiger partial charge in [-0.1, -0.05) is 12.1 Å². The summed E-state index contributed by atoms with van der Waals surface area (Å²) in [6.45, 7) is -2.61. The van der Waals surface area contributed by atoms with Crippen molar-refractivity contribution in [2.75, 3.05) is 24.9 Å². The molecule has 1 atom stereocenters. The summed E-state index contributed by atoms with van der Waals surface area (Å²) in [5.74, 6) is -5.59. The van der Waals surface area contributed by atoms with Crippen molar-refractivity contribution in [2.45, 2.75) is 32.4 Å². The van der Waals surface area contributed by atoms with E-state index < -0.39 is 79.0 Å². The summed E-state index contributed by atoms with van der Waals surface area (Å²) in [5.41, 5.74) is -2.72. The molecule has 0 saturated heterocycles. The fourth-order valence-electron chi connectivity index (χ4n) is 4.94. The average Bonchev–Trinajstić information content (AvgIpc) is 3.11. The Bertz CT molecular complexity index is 2500. The molecule has 276 valence electrons. The van der Waals surface area contributed by atoms with Crippen molar-refractivity contribution in [3.05, 3.63) is 102 Å². The molecule has 2 amide bonds. The molecule has 1 unspecified atom stereocenters. The number of methoxy groups -OCH3 is 2. The predicted octanol–water partition coefficient (Wildman–Crippen LogP) is 1.42. The van der Waals surface area contributed by atoms with Gasteiger partial charge < -0.3 is 48.6 Å². The van der Waals surface area contributed by atoms with Crippen LogP contribution in [-0.4, -0.2) is 64.0 Å². The summed E-state index contributed by atoms with van der Waals surface area (Å²) in [4.78, 5) is 100. The van der Waals surface area contributed by atoms with Crippen LogP contribution in [0.15, 0.2) is 82.6 Å². The van der Waals surface area contributed by atoms with Crippen molar-refractivity contribution >= 4 is 57.3 Å². The summed E-state index contributed by atoms with van der Waals surface area (Å²) < 4.78 is 30.7. The van der Waals surface area contributed by atoms with Crippen molar-refractivity contribution in [2.24, 2.45) is 0 Å². The molecule has 20 heteroatoms. The molecule has 0 fully saturated rings. The standard InChI is InChI=1S/C33H28N4O16/c1-48-32(46)50-21-7-3-5-19-25(21)52-30(44)36(27(19)40)11-9-23(38)34-17-13-16(29(42)43)14-18(15-17)35-24(39)10-12-37-28(41)20-6-4-8-22(51-33(47)49-2)26(20)53-31(37)45/h3-8,13-15,32,46H,9-12H2,1-2H3,(H,34,38)(H,35,39)(H,42,43). The number of fused-ring (bicyclic) bond motifs is 2. The minimum absolute atomic E-state index is 0.0713. The Morgan fingerprint density at radius 2 is 1.25 bits per heavy atom. The number of para-hydroxylation sites is 2. The molecule has 0 aliphatic rings. The molecule has 5 rings (SSSR count). The zero-order valence-electron chi connectivity index (χ0n) is 27.6. The third-order valence-corrected chi connectivity index (χ3v) is 7.39. The number of amides is 2. The maximum Gasteiger partial charge on any atom is 0.513 e. The lowest BCUT2D eigenvalue weighted by atomic mass is 10.1. The summed E-state index contributed by atoms with van der Waals surface area (Å²) in [6, 6.07) is 11.5. The monoisotopic (exact) mass is 736 g/mol. The number of carbonyl (C=O) groups excluding carboxylic acids is 3. The van der Waals surface area contributed by atoms with E-state index in [1.165, 1.54) is 42.5 Å². The molecule has 3 aromatic carbocycles. The molecule has 53 heavy (non-hydrogen) atoms. The number of aliphatic hydroxyl groups excluding tert-OH is 1. The van der Waals surface area contributed by atoms with Gasteiger partial charge in [-0.05, 0) is 42.5 Å². The van der Waals surface area contributed by atoms with Gasteiger partial charge in [0.05, 0.1) is 23.4 Å². The lowest BCUT2D eigenvalue weighted by molar-refractivity contribution is -0.200. The van der Waals surface area contributed by atoms with E-state index in [9.17, 15) is 48.6 Å². The van der Waals surface area contributed by atoms with Crippen LogP contribution < -0.4 is 42.7 Å². The SMILES string of the molecule is COC(=O)Oc1cccc2c(=O)n(CCC(=O)Nc3cc(NC(=O)CCn4c(=O)oc5c(OC(O)OC)cccc5c4=O)cc(C(=O)O)c3)c(=O)oc12. The Kier molecular flexibility index (Phi) is 11.1. The fraction of sp³-hybridized carbons (Fsp3) is 0.212. The Balaban J connectivity index is 1.27. The second kappa shape index (κ2) is 15.9. The van der Waals surface area contributed by atoms with Crippen molar-refractivity contribution in [1.29, 1.82) is 0 Å². The highest BCUT2D eigenvalue weighted by Crippen LogP contribution is 2.24. The van der Waals surface area contributed by atoms with E-state index in [-0.39, 0.29) is 50.4 Å². The summed E-state index contributed by atoms with van der Waals surface area (Å²) in [7, 11) is 2.22. The molecule has 0 aliphatic carbocycles. The Hall–Kier alpha value is -7.06. The number of ether oxygens (including phenoxy) is 4. The van der Waals surface area contributed by atoms with Crippen LogP contribution in [0.5, 0.6) is 11.5 Å². The van der Waals surface area contributed by atoms with Crippen molar-refractivity contribution in [1.82, 2.24) is 9.13 Å². The number of carbonyl (C=O) groups is 4. The average molecular weight is 737 g/mol. The van der Waals surface area contributed by atoms with Gasteiger partial charge in [0.1, 0.15) is 0 Å². The number of nitrogens with zero attached hydrogens (tertiary/aromatic N) is 2. The van der Waals surface area contributed by atoms with Crippen LogP contribution in [0, 0.1) is 0 Å². The smallest absolute Gasteiger partial charge is 0.478 e. The number of carboxylic acid groups (broad SMARTS) is 1. The highest BCUT2D eigenvalue weighted by molar-refractivity contribution is 5.98. The number of aliphatic hydroxyl groups is 1. The molecule has 0 radical (unpaired) electrons. The minimum Gasteiger partial charge on any atom is -0.478 e. The summed E-state index contributed by atoms with van der Waals surface area (Å²) >= 11 is 0. The molecule has 0 bridgehead atoms. The topological polar surface area (TPSA) is 274 Å². The second-order valence-electron chi connectivity index (χ2n) is 10.8. The number of rotatable bonds is 13. The number of anilines is 2. The van der Waals surface area contributed by atoms with Crippen molar-refractivity contribution in [3.63, 3.8) is 0 Å². The van der Waals surface area contributed by atoms with Gasteiger partial charge >= 0.3 is 30.1 Å². The van der Waals surface area contributed by atoms with Gasteiger partial charge in [0.15, 0.2) is 22.7 Å². The lowest BCUT2D eigenvalue weighted by Crippen LogP contribution is -2.34. The molecule has 0 saturated carbocycles. The first-order valence-corrected chi connectivity index (χ1v) is 15.2. The summed E-state index contributed by atoms with van der Waals surface area (Å²) in [6.07, 6.45) is -2.03. The van der Waals surface area contributed by atoms with Crippen LogP contribution >= 0.6 is 0 Å². The lowest BCUT2D eigenvalue weighted by Gasteiger charge is -2.13. The van der Waals surface area contributed by atoms with Gasteiger partial charge in [0.2, 0.25) is 11.8 Å². The highest BCUT2D eigenvalue weighted by Gasteiger charge is 2.19. The molecule has 5 aromatic rings. The van der Waals surface area contributed by atoms with E-state index in [4.69, 9.17) is 18.3 Å². The molecule has 2 aromatic heterocycles. The minimum atomic E-state index is -1.71. The highest BCUT2D eigenvalue weighted by atomic mass is 16.8. The quantitative estimate of drug-likeness (QED) is 0.0756. The van der Waals surface area contributed by atoms with E-state index in [0.717, 1.165) is 26.4 Å². The van der Waals surface area contributed by atoms with E-state index >= 15 is 0 Å². The first-order chi connectivity index (χ1) is 25.3. The normalized spacial score (nSPS) is 11.5. The molecular formula is C33H28N4O16. The molecule has 20 nitrogen and oxygen atoms in total. The molecule has 4 N–H and O–H groups in total. The van der Waals surface area contributed by atoms with E-state index in [2.05, 4.69) is 20.1 Å². The Morgan fingerprint density at radius 1 is 0.755 bits per heavy atom. The second-order valence-corrected chi connectivity index (χ2v) is 10.8. The van der Waals surface area contributed by atoms with Gasteiger partial charge in [-0.2, -0.15) is 0 Å². The number of hydrogen-bond donors (Lipinski definition) is 4. The number of aromatic nitrogens is 2. The number of carboxylic acids is 1. The largest absolute Gasteiger partial charge is 0.513 e. The van der Waals surface area contributed by atoms with Crippen LogP contribution in [0.25, 0.3) is 21.9 Å². The van der Waals surface area contributed by atoms with Crippen LogP contribution in [0.2, 0.25) is 0 Å². The number of aromatic carboxylic acids is 1. The van der Waals surface area contributed by atoms with Gasteiger partial charge in [-0.25, -0.2) is 28.3 Å². The third kappa shape index (κ3) is 8.46. The number of hydrogen-bond acceptors (Lipinski definition) is 15. The molecular weight excluding hydrogens is 708 g/mol. The van der Waals surface area contributed by atoms with Gasteiger partial charge in [-0.3, -0.25) is 19.2 Å². The molecule has 2 heterocycles. The fourth-order valence-corrected chi connectivity index (χ4v) is 4.94. The van der Waals surface area contributed by atoms with Crippen LogP contribution in [0.3, 0.4) is 0 Å². The van der Waals surface area contributed by atoms with Crippen molar-refractivity contribution < 1.29 is 57.2 Å².